The zero-order valence-corrected chi connectivity index (χ0v) is 10.7. The lowest BCUT2D eigenvalue weighted by Gasteiger charge is -2.04. The second-order valence-corrected chi connectivity index (χ2v) is 5.59. The number of hydrogen-bond acceptors (Lipinski definition) is 6. The largest absolute Gasteiger partial charge is 0.334 e. The van der Waals surface area contributed by atoms with E-state index in [2.05, 4.69) is 25.6 Å². The van der Waals surface area contributed by atoms with Gasteiger partial charge in [-0.3, -0.25) is 19.7 Å². The number of fused-ring (bicyclic) bond motifs is 3. The first kappa shape index (κ1) is 10.8. The average Bonchev–Trinajstić information content (AvgIpc) is 3.08. The number of hydrogen-bond donors (Lipinski definition) is 0. The topological polar surface area (TPSA) is 87.7 Å². The highest BCUT2D eigenvalue weighted by molar-refractivity contribution is 7.18. The van der Waals surface area contributed by atoms with Crippen LogP contribution in [0.3, 0.4) is 0 Å². The van der Waals surface area contributed by atoms with Gasteiger partial charge in [-0.05, 0) is 24.8 Å². The summed E-state index contributed by atoms with van der Waals surface area (Å²) in [5, 5.41) is 15.1. The molecule has 1 aliphatic carbocycles. The fourth-order valence-electron chi connectivity index (χ4n) is 2.51. The molecule has 7 nitrogen and oxygen atoms in total. The van der Waals surface area contributed by atoms with Crippen molar-refractivity contribution in [3.63, 3.8) is 0 Å². The van der Waals surface area contributed by atoms with Crippen molar-refractivity contribution < 1.29 is 0 Å². The van der Waals surface area contributed by atoms with E-state index in [1.54, 1.807) is 17.7 Å². The Balaban J connectivity index is 1.89. The number of nitrogens with zero attached hydrogens (tertiary/aromatic N) is 6. The third kappa shape index (κ3) is 1.60. The summed E-state index contributed by atoms with van der Waals surface area (Å²) in [4.78, 5) is 19.0. The smallest absolute Gasteiger partial charge is 0.262 e. The molecule has 0 amide bonds. The van der Waals surface area contributed by atoms with Crippen molar-refractivity contribution in [1.29, 1.82) is 0 Å². The normalized spacial score (nSPS) is 14.1. The molecule has 0 fully saturated rings. The lowest BCUT2D eigenvalue weighted by molar-refractivity contribution is 0.705. The molecular formula is C11H9N6OS-. The van der Waals surface area contributed by atoms with Crippen LogP contribution in [-0.4, -0.2) is 25.1 Å². The Morgan fingerprint density at radius 2 is 2.37 bits per heavy atom. The minimum atomic E-state index is -0.0193. The van der Waals surface area contributed by atoms with Crippen LogP contribution in [-0.2, 0) is 19.4 Å². The molecule has 0 atom stereocenters. The SMILES string of the molecule is O=c1c2c3c(sc2ncn1Cc1nnn[n-]1)CCC3. The van der Waals surface area contributed by atoms with Crippen molar-refractivity contribution in [3.8, 4) is 0 Å². The van der Waals surface area contributed by atoms with Crippen LogP contribution in [0.15, 0.2) is 11.1 Å². The first-order valence-corrected chi connectivity index (χ1v) is 6.82. The van der Waals surface area contributed by atoms with Gasteiger partial charge in [0.25, 0.3) is 5.56 Å². The molecule has 19 heavy (non-hydrogen) atoms. The maximum absolute atomic E-state index is 12.5. The number of thiophene rings is 1. The van der Waals surface area contributed by atoms with E-state index in [1.807, 2.05) is 0 Å². The van der Waals surface area contributed by atoms with Crippen LogP contribution in [0.4, 0.5) is 0 Å². The second kappa shape index (κ2) is 3.95. The average molecular weight is 273 g/mol. The van der Waals surface area contributed by atoms with Crippen LogP contribution in [0.25, 0.3) is 10.2 Å². The summed E-state index contributed by atoms with van der Waals surface area (Å²) in [6.07, 6.45) is 4.72. The van der Waals surface area contributed by atoms with Crippen molar-refractivity contribution in [2.75, 3.05) is 0 Å². The number of rotatable bonds is 2. The lowest BCUT2D eigenvalue weighted by Crippen LogP contribution is -2.22. The van der Waals surface area contributed by atoms with Crippen molar-refractivity contribution in [2.24, 2.45) is 0 Å². The quantitative estimate of drug-likeness (QED) is 0.660. The number of tetrazole rings is 1. The molecule has 0 bridgehead atoms. The predicted molar refractivity (Wildman–Crippen MR) is 68.2 cm³/mol. The highest BCUT2D eigenvalue weighted by Gasteiger charge is 2.21. The van der Waals surface area contributed by atoms with Crippen LogP contribution >= 0.6 is 11.3 Å². The Bertz CT molecular complexity index is 803. The Hall–Kier alpha value is -2.09. The van der Waals surface area contributed by atoms with E-state index in [-0.39, 0.29) is 12.1 Å². The van der Waals surface area contributed by atoms with Gasteiger partial charge in [0.1, 0.15) is 4.83 Å². The van der Waals surface area contributed by atoms with Gasteiger partial charge in [-0.1, -0.05) is 0 Å². The molecule has 8 heteroatoms. The third-order valence-corrected chi connectivity index (χ3v) is 4.56. The van der Waals surface area contributed by atoms with Crippen LogP contribution in [0.1, 0.15) is 22.7 Å². The van der Waals surface area contributed by atoms with Gasteiger partial charge in [0, 0.05) is 10.7 Å². The van der Waals surface area contributed by atoms with Gasteiger partial charge in [0.05, 0.1) is 18.3 Å². The van der Waals surface area contributed by atoms with Gasteiger partial charge in [-0.25, -0.2) is 4.98 Å². The third-order valence-electron chi connectivity index (χ3n) is 3.36. The molecule has 0 N–H and O–H groups in total. The summed E-state index contributed by atoms with van der Waals surface area (Å²) >= 11 is 1.64. The molecule has 0 aromatic carbocycles. The van der Waals surface area contributed by atoms with Crippen molar-refractivity contribution in [3.05, 3.63) is 32.9 Å². The summed E-state index contributed by atoms with van der Waals surface area (Å²) in [5.74, 6) is 0.426. The zero-order valence-electron chi connectivity index (χ0n) is 9.91. The molecule has 0 aliphatic heterocycles. The molecule has 0 unspecified atom stereocenters. The molecule has 3 heterocycles. The van der Waals surface area contributed by atoms with Crippen LogP contribution < -0.4 is 10.7 Å². The van der Waals surface area contributed by atoms with Crippen LogP contribution in [0.2, 0.25) is 0 Å². The lowest BCUT2D eigenvalue weighted by atomic mass is 10.2. The molecule has 0 radical (unpaired) electrons. The Morgan fingerprint density at radius 3 is 3.21 bits per heavy atom. The Morgan fingerprint density at radius 1 is 1.42 bits per heavy atom. The molecule has 0 saturated heterocycles. The molecule has 0 saturated carbocycles. The summed E-state index contributed by atoms with van der Waals surface area (Å²) in [5.41, 5.74) is 1.17. The van der Waals surface area contributed by atoms with E-state index in [0.717, 1.165) is 29.5 Å². The Labute approximate surface area is 111 Å². The summed E-state index contributed by atoms with van der Waals surface area (Å²) in [7, 11) is 0. The fraction of sp³-hybridized carbons (Fsp3) is 0.364. The van der Waals surface area contributed by atoms with E-state index in [4.69, 9.17) is 0 Å². The molecule has 3 aromatic heterocycles. The van der Waals surface area contributed by atoms with Gasteiger partial charge in [-0.15, -0.1) is 11.3 Å². The van der Waals surface area contributed by atoms with E-state index >= 15 is 0 Å². The monoisotopic (exact) mass is 273 g/mol. The van der Waals surface area contributed by atoms with Crippen molar-refractivity contribution in [2.45, 2.75) is 25.8 Å². The second-order valence-electron chi connectivity index (χ2n) is 4.51. The predicted octanol–water partition coefficient (Wildman–Crippen LogP) is 0.137. The summed E-state index contributed by atoms with van der Waals surface area (Å²) < 4.78 is 1.52. The maximum atomic E-state index is 12.5. The number of aromatic nitrogens is 6. The summed E-state index contributed by atoms with van der Waals surface area (Å²) in [6.45, 7) is 0.263. The first-order valence-electron chi connectivity index (χ1n) is 6.00. The van der Waals surface area contributed by atoms with Crippen LogP contribution in [0.5, 0.6) is 0 Å². The molecule has 1 aliphatic rings. The van der Waals surface area contributed by atoms with E-state index in [1.165, 1.54) is 15.0 Å². The minimum absolute atomic E-state index is 0.0193. The van der Waals surface area contributed by atoms with Crippen molar-refractivity contribution >= 4 is 21.6 Å². The molecule has 96 valence electrons. The van der Waals surface area contributed by atoms with Crippen LogP contribution in [0, 0.1) is 0 Å². The van der Waals surface area contributed by atoms with Gasteiger partial charge in [0.2, 0.25) is 0 Å². The molecule has 0 spiro atoms. The van der Waals surface area contributed by atoms with E-state index in [9.17, 15) is 4.79 Å². The maximum Gasteiger partial charge on any atom is 0.262 e. The van der Waals surface area contributed by atoms with Crippen molar-refractivity contribution in [1.82, 2.24) is 30.2 Å². The zero-order chi connectivity index (χ0) is 12.8. The highest BCUT2D eigenvalue weighted by atomic mass is 32.1. The van der Waals surface area contributed by atoms with Gasteiger partial charge >= 0.3 is 0 Å². The van der Waals surface area contributed by atoms with Gasteiger partial charge in [0.15, 0.2) is 0 Å². The van der Waals surface area contributed by atoms with Gasteiger partial charge in [-0.2, -0.15) is 5.21 Å². The molecular weight excluding hydrogens is 264 g/mol. The minimum Gasteiger partial charge on any atom is -0.334 e. The van der Waals surface area contributed by atoms with Gasteiger partial charge < -0.3 is 5.10 Å². The highest BCUT2D eigenvalue weighted by Crippen LogP contribution is 2.34. The fourth-order valence-corrected chi connectivity index (χ4v) is 3.73. The standard InChI is InChI=1S/C11H9N6OS/c18-11-9-6-2-1-3-7(6)19-10(9)12-5-17(11)4-8-13-15-16-14-8/h5H,1-4H2/q-1. The molecule has 4 rings (SSSR count). The molecule has 3 aromatic rings. The Kier molecular flexibility index (Phi) is 2.25. The number of aryl methyl sites for hydroxylation is 2. The van der Waals surface area contributed by atoms with E-state index < -0.39 is 0 Å². The van der Waals surface area contributed by atoms with E-state index in [0.29, 0.717) is 5.82 Å². The summed E-state index contributed by atoms with van der Waals surface area (Å²) in [6, 6.07) is 0. The first-order chi connectivity index (χ1) is 9.33.